The number of alkyl halides is 3. The normalized spacial score (nSPS) is 12.2. The van der Waals surface area contributed by atoms with Crippen LogP contribution in [-0.4, -0.2) is 37.6 Å². The van der Waals surface area contributed by atoms with E-state index in [1.165, 1.54) is 47.8 Å². The Balaban J connectivity index is 1.85. The van der Waals surface area contributed by atoms with E-state index in [0.717, 1.165) is 22.1 Å². The van der Waals surface area contributed by atoms with Crippen molar-refractivity contribution in [3.63, 3.8) is 0 Å². The second kappa shape index (κ2) is 11.5. The van der Waals surface area contributed by atoms with E-state index in [1.807, 2.05) is 24.5 Å². The molecule has 0 unspecified atom stereocenters. The number of thioether (sulfide) groups is 2. The number of anilines is 2. The lowest BCUT2D eigenvalue weighted by Gasteiger charge is -2.15. The average molecular weight is 607 g/mol. The standard InChI is InChI=1S/C26H21F3N4O4S3/c1-38-21-11-14(7-9-18(21)30)15-8-10-19(22(12-15)39-2)32-33-20-13-23(40(35,36)37)16-5-3-4-6-17(16)24(20)31-25(34)26(27,28)29/h3-13H,30H2,1-2H3,(H,31,34)(H,35,36,37)/b33-32+. The summed E-state index contributed by atoms with van der Waals surface area (Å²) in [4.78, 5) is 12.8. The molecule has 0 atom stereocenters. The van der Waals surface area contributed by atoms with Gasteiger partial charge in [-0.2, -0.15) is 21.6 Å². The summed E-state index contributed by atoms with van der Waals surface area (Å²) in [5.74, 6) is -2.28. The van der Waals surface area contributed by atoms with Crippen molar-refractivity contribution in [2.75, 3.05) is 23.6 Å². The van der Waals surface area contributed by atoms with Crippen molar-refractivity contribution < 1.29 is 30.9 Å². The van der Waals surface area contributed by atoms with Gasteiger partial charge in [-0.3, -0.25) is 9.35 Å². The molecule has 0 aliphatic rings. The fraction of sp³-hybridized carbons (Fsp3) is 0.115. The van der Waals surface area contributed by atoms with Crippen LogP contribution in [0.25, 0.3) is 21.9 Å². The molecule has 0 saturated carbocycles. The van der Waals surface area contributed by atoms with Crippen molar-refractivity contribution in [3.05, 3.63) is 66.7 Å². The molecule has 0 aromatic heterocycles. The monoisotopic (exact) mass is 606 g/mol. The summed E-state index contributed by atoms with van der Waals surface area (Å²) < 4.78 is 73.4. The smallest absolute Gasteiger partial charge is 0.398 e. The maximum absolute atomic E-state index is 13.1. The quantitative estimate of drug-likeness (QED) is 0.0849. The number of carbonyl (C=O) groups is 1. The molecular formula is C26H21F3N4O4S3. The van der Waals surface area contributed by atoms with Gasteiger partial charge in [-0.1, -0.05) is 36.4 Å². The zero-order valence-electron chi connectivity index (χ0n) is 20.9. The zero-order chi connectivity index (χ0) is 29.2. The van der Waals surface area contributed by atoms with Crippen LogP contribution in [0.3, 0.4) is 0 Å². The maximum Gasteiger partial charge on any atom is 0.471 e. The maximum atomic E-state index is 13.1. The summed E-state index contributed by atoms with van der Waals surface area (Å²) in [6, 6.07) is 17.2. The number of rotatable bonds is 7. The molecule has 4 aromatic rings. The van der Waals surface area contributed by atoms with Crippen LogP contribution < -0.4 is 11.1 Å². The van der Waals surface area contributed by atoms with Crippen LogP contribution in [0.5, 0.6) is 0 Å². The van der Waals surface area contributed by atoms with Crippen molar-refractivity contribution in [2.24, 2.45) is 10.2 Å². The fourth-order valence-corrected chi connectivity index (χ4v) is 5.70. The molecule has 4 rings (SSSR count). The van der Waals surface area contributed by atoms with Gasteiger partial charge in [0, 0.05) is 26.3 Å². The number of fused-ring (bicyclic) bond motifs is 1. The topological polar surface area (TPSA) is 134 Å². The second-order valence-electron chi connectivity index (χ2n) is 8.28. The summed E-state index contributed by atoms with van der Waals surface area (Å²) in [5, 5.41) is 9.76. The highest BCUT2D eigenvalue weighted by Crippen LogP contribution is 2.41. The van der Waals surface area contributed by atoms with Crippen LogP contribution in [0.4, 0.5) is 35.9 Å². The number of hydrogen-bond acceptors (Lipinski definition) is 8. The Kier molecular flexibility index (Phi) is 8.44. The number of hydrogen-bond donors (Lipinski definition) is 3. The summed E-state index contributed by atoms with van der Waals surface area (Å²) >= 11 is 2.85. The van der Waals surface area contributed by atoms with Gasteiger partial charge in [0.1, 0.15) is 10.6 Å². The Hall–Kier alpha value is -3.59. The lowest BCUT2D eigenvalue weighted by molar-refractivity contribution is -0.167. The average Bonchev–Trinajstić information content (AvgIpc) is 2.91. The van der Waals surface area contributed by atoms with Gasteiger partial charge in [0.15, 0.2) is 0 Å². The Bertz CT molecular complexity index is 1760. The Morgan fingerprint density at radius 1 is 0.875 bits per heavy atom. The minimum Gasteiger partial charge on any atom is -0.398 e. The number of nitrogen functional groups attached to an aromatic ring is 1. The van der Waals surface area contributed by atoms with Crippen LogP contribution in [0.1, 0.15) is 0 Å². The second-order valence-corrected chi connectivity index (χ2v) is 11.4. The molecule has 14 heteroatoms. The third-order valence-electron chi connectivity index (χ3n) is 5.77. The van der Waals surface area contributed by atoms with Gasteiger partial charge >= 0.3 is 12.1 Å². The van der Waals surface area contributed by atoms with Crippen molar-refractivity contribution in [2.45, 2.75) is 20.9 Å². The first-order valence-electron chi connectivity index (χ1n) is 11.3. The summed E-state index contributed by atoms with van der Waals surface area (Å²) in [7, 11) is -4.82. The first-order chi connectivity index (χ1) is 18.8. The van der Waals surface area contributed by atoms with Crippen molar-refractivity contribution in [1.29, 1.82) is 0 Å². The van der Waals surface area contributed by atoms with E-state index in [2.05, 4.69) is 10.2 Å². The van der Waals surface area contributed by atoms with E-state index in [9.17, 15) is 30.9 Å². The van der Waals surface area contributed by atoms with E-state index < -0.39 is 38.5 Å². The van der Waals surface area contributed by atoms with Gasteiger partial charge in [-0.15, -0.1) is 33.8 Å². The van der Waals surface area contributed by atoms with E-state index in [0.29, 0.717) is 16.3 Å². The van der Waals surface area contributed by atoms with Crippen molar-refractivity contribution >= 4 is 73.1 Å². The highest BCUT2D eigenvalue weighted by Gasteiger charge is 2.39. The Morgan fingerprint density at radius 2 is 1.45 bits per heavy atom. The number of carbonyl (C=O) groups excluding carboxylic acids is 1. The van der Waals surface area contributed by atoms with E-state index in [4.69, 9.17) is 5.73 Å². The molecule has 4 aromatic carbocycles. The van der Waals surface area contributed by atoms with Gasteiger partial charge in [0.05, 0.1) is 11.4 Å². The van der Waals surface area contributed by atoms with Crippen molar-refractivity contribution in [1.82, 2.24) is 0 Å². The molecule has 0 bridgehead atoms. The van der Waals surface area contributed by atoms with Crippen LogP contribution in [0.2, 0.25) is 0 Å². The molecule has 0 saturated heterocycles. The predicted octanol–water partition coefficient (Wildman–Crippen LogP) is 7.70. The molecule has 1 amide bonds. The number of azo groups is 1. The summed E-state index contributed by atoms with van der Waals surface area (Å²) in [6.07, 6.45) is -1.51. The van der Waals surface area contributed by atoms with E-state index in [1.54, 1.807) is 29.8 Å². The number of nitrogens with one attached hydrogen (secondary N) is 1. The minimum atomic E-state index is -5.22. The first kappa shape index (κ1) is 29.4. The van der Waals surface area contributed by atoms with Gasteiger partial charge in [-0.05, 0) is 54.0 Å². The zero-order valence-corrected chi connectivity index (χ0v) is 23.3. The third kappa shape index (κ3) is 6.25. The highest BCUT2D eigenvalue weighted by molar-refractivity contribution is 7.99. The molecule has 0 radical (unpaired) electrons. The minimum absolute atomic E-state index is 0.0856. The highest BCUT2D eigenvalue weighted by atomic mass is 32.2. The molecule has 0 aliphatic heterocycles. The van der Waals surface area contributed by atoms with Gasteiger partial charge in [0.2, 0.25) is 0 Å². The predicted molar refractivity (Wildman–Crippen MR) is 152 cm³/mol. The number of nitrogens with two attached hydrogens (primary N) is 1. The van der Waals surface area contributed by atoms with E-state index in [-0.39, 0.29) is 10.8 Å². The molecular weight excluding hydrogens is 586 g/mol. The van der Waals surface area contributed by atoms with Crippen molar-refractivity contribution in [3.8, 4) is 11.1 Å². The molecule has 4 N–H and O–H groups in total. The SMILES string of the molecule is CSc1cc(-c2ccc(/N=N/c3cc(S(=O)(=O)O)c4ccccc4c3NC(=O)C(F)(F)F)c(SC)c2)ccc1N. The number of halogens is 3. The lowest BCUT2D eigenvalue weighted by Crippen LogP contribution is -2.30. The van der Waals surface area contributed by atoms with Crippen LogP contribution in [-0.2, 0) is 14.9 Å². The lowest BCUT2D eigenvalue weighted by atomic mass is 10.0. The fourth-order valence-electron chi connectivity index (χ4n) is 3.87. The largest absolute Gasteiger partial charge is 0.471 e. The number of amides is 1. The van der Waals surface area contributed by atoms with Crippen LogP contribution >= 0.6 is 23.5 Å². The molecule has 0 heterocycles. The van der Waals surface area contributed by atoms with Gasteiger partial charge < -0.3 is 11.1 Å². The Morgan fingerprint density at radius 3 is 2.05 bits per heavy atom. The first-order valence-corrected chi connectivity index (χ1v) is 15.2. The number of benzene rings is 4. The summed E-state index contributed by atoms with van der Waals surface area (Å²) in [6.45, 7) is 0. The molecule has 208 valence electrons. The molecule has 40 heavy (non-hydrogen) atoms. The van der Waals surface area contributed by atoms with Gasteiger partial charge in [0.25, 0.3) is 10.1 Å². The van der Waals surface area contributed by atoms with Gasteiger partial charge in [-0.25, -0.2) is 0 Å². The molecule has 0 fully saturated rings. The third-order valence-corrected chi connectivity index (χ3v) is 8.23. The van der Waals surface area contributed by atoms with Crippen LogP contribution in [0.15, 0.2) is 91.6 Å². The van der Waals surface area contributed by atoms with Crippen LogP contribution in [0, 0.1) is 0 Å². The number of nitrogens with zero attached hydrogens (tertiary/aromatic N) is 2. The molecule has 8 nitrogen and oxygen atoms in total. The van der Waals surface area contributed by atoms with E-state index >= 15 is 0 Å². The molecule has 0 spiro atoms. The molecule has 0 aliphatic carbocycles. The Labute approximate surface area is 236 Å². The summed E-state index contributed by atoms with van der Waals surface area (Å²) in [5.41, 5.74) is 7.94.